The van der Waals surface area contributed by atoms with Crippen LogP contribution in [-0.4, -0.2) is 39.6 Å². The van der Waals surface area contributed by atoms with Crippen molar-refractivity contribution < 1.29 is 23.2 Å². The summed E-state index contributed by atoms with van der Waals surface area (Å²) in [4.78, 5) is 0. The van der Waals surface area contributed by atoms with Crippen LogP contribution in [-0.2, 0) is 23.2 Å². The van der Waals surface area contributed by atoms with Gasteiger partial charge in [0, 0.05) is 0 Å². The van der Waals surface area contributed by atoms with E-state index in [1.165, 1.54) is 62.5 Å². The second-order valence-electron chi connectivity index (χ2n) is 11.9. The fourth-order valence-electron chi connectivity index (χ4n) is 4.81. The van der Waals surface area contributed by atoms with E-state index < -0.39 is 23.2 Å². The first kappa shape index (κ1) is 37.8. The summed E-state index contributed by atoms with van der Waals surface area (Å²) < 4.78 is 6.27. The summed E-state index contributed by atoms with van der Waals surface area (Å²) in [6.07, 6.45) is 28.5. The van der Waals surface area contributed by atoms with E-state index in [2.05, 4.69) is 117 Å². The average molecular weight is 757 g/mol. The molecule has 43 heavy (non-hydrogen) atoms. The fraction of sp³-hybridized carbons (Fsp3) is 0.400. The van der Waals surface area contributed by atoms with E-state index in [-0.39, 0.29) is 0 Å². The first-order chi connectivity index (χ1) is 20.8. The molecule has 0 amide bonds. The van der Waals surface area contributed by atoms with Crippen molar-refractivity contribution in [1.82, 2.24) is 2.89 Å². The number of rotatable bonds is 13. The van der Waals surface area contributed by atoms with Crippen molar-refractivity contribution in [2.24, 2.45) is 0 Å². The molecule has 2 aliphatic rings. The van der Waals surface area contributed by atoms with Crippen molar-refractivity contribution in [1.29, 1.82) is 0 Å². The zero-order valence-corrected chi connectivity index (χ0v) is 36.3. The summed E-state index contributed by atoms with van der Waals surface area (Å²) in [7, 11) is 0. The third-order valence-corrected chi connectivity index (χ3v) is 17.8. The first-order valence-electron chi connectivity index (χ1n) is 16.6. The third kappa shape index (κ3) is 15.9. The number of nitrogens with zero attached hydrogens (tertiary/aromatic N) is 1. The van der Waals surface area contributed by atoms with Crippen LogP contribution in [0.5, 0.6) is 0 Å². The van der Waals surface area contributed by atoms with Crippen LogP contribution in [0.25, 0.3) is 12.2 Å². The Kier molecular flexibility index (Phi) is 20.2. The molecule has 0 saturated carbocycles. The van der Waals surface area contributed by atoms with Gasteiger partial charge in [-0.15, -0.1) is 0 Å². The van der Waals surface area contributed by atoms with Gasteiger partial charge in [0.05, 0.1) is 0 Å². The van der Waals surface area contributed by atoms with Gasteiger partial charge < -0.3 is 0 Å². The number of unbranched alkanes of at least 4 members (excludes halogenated alkanes) is 2. The van der Waals surface area contributed by atoms with E-state index in [1.807, 2.05) is 43.0 Å². The second-order valence-corrected chi connectivity index (χ2v) is 18.5. The molecule has 2 aromatic rings. The molecule has 0 fully saturated rings. The van der Waals surface area contributed by atoms with Crippen molar-refractivity contribution in [3.8, 4) is 0 Å². The van der Waals surface area contributed by atoms with E-state index >= 15 is 0 Å². The molecule has 0 atom stereocenters. The van der Waals surface area contributed by atoms with Crippen molar-refractivity contribution in [2.45, 2.75) is 105 Å². The zero-order valence-electron chi connectivity index (χ0n) is 28.2. The monoisotopic (exact) mass is 755 g/mol. The molecule has 0 radical (unpaired) electrons. The van der Waals surface area contributed by atoms with Crippen molar-refractivity contribution in [2.75, 3.05) is 0 Å². The molecule has 0 saturated heterocycles. The molecule has 4 rings (SSSR count). The SMILES string of the molecule is C(C=Cc1ccccc1)=Cc1ccccc1.CC(C)[N]([InH2])C(C)C.CCCCC1=[C]([Zr][C]2=C(CCCC)C=CC2)CC=C1. The molecule has 0 unspecified atom stereocenters. The third-order valence-electron chi connectivity index (χ3n) is 7.88. The van der Waals surface area contributed by atoms with Crippen LogP contribution in [0.4, 0.5) is 0 Å². The Balaban J connectivity index is 0.000000244. The molecule has 0 heterocycles. The van der Waals surface area contributed by atoms with Gasteiger partial charge in [0.15, 0.2) is 0 Å². The Bertz CT molecular complexity index is 1120. The predicted molar refractivity (Wildman–Crippen MR) is 192 cm³/mol. The van der Waals surface area contributed by atoms with E-state index in [1.54, 1.807) is 11.1 Å². The molecule has 0 N–H and O–H groups in total. The Morgan fingerprint density at radius 3 is 1.40 bits per heavy atom. The Hall–Kier alpha value is -1.41. The van der Waals surface area contributed by atoms with Crippen molar-refractivity contribution >= 4 is 36.8 Å². The molecule has 0 bridgehead atoms. The van der Waals surface area contributed by atoms with Gasteiger partial charge in [-0.3, -0.25) is 0 Å². The van der Waals surface area contributed by atoms with Crippen molar-refractivity contribution in [3.63, 3.8) is 0 Å². The standard InChI is InChI=1S/C16H14.2C9H13.C6H14N.In.Zr.2H/c1-3-9-15(10-4-1)13-7-8-14-16-11-5-2-6-12-16;2*1-2-3-6-9-7-4-5-8-9;1-5(2)7-6(3)4;;;;/h1-14H;2*4,7H,2-3,5-6H2,1H3;5-6H,1-4H3;;;;/q;;;-1;+1;;;. The van der Waals surface area contributed by atoms with Crippen LogP contribution in [0.1, 0.15) is 104 Å². The van der Waals surface area contributed by atoms with E-state index in [4.69, 9.17) is 0 Å². The predicted octanol–water partition coefficient (Wildman–Crippen LogP) is 10.9. The van der Waals surface area contributed by atoms with Gasteiger partial charge in [0.25, 0.3) is 0 Å². The average Bonchev–Trinajstić information content (AvgIpc) is 3.67. The second kappa shape index (κ2) is 23.0. The van der Waals surface area contributed by atoms with Crippen LogP contribution in [0, 0.1) is 0 Å². The quantitative estimate of drug-likeness (QED) is 0.184. The molecular weight excluding hydrogens is 700 g/mol. The zero-order chi connectivity index (χ0) is 31.3. The minimum atomic E-state index is -0.463. The maximum absolute atomic E-state index is 2.54. The number of benzene rings is 2. The van der Waals surface area contributed by atoms with Crippen molar-refractivity contribution in [3.05, 3.63) is 126 Å². The molecule has 3 heteroatoms. The van der Waals surface area contributed by atoms with Gasteiger partial charge in [-0.05, 0) is 11.1 Å². The van der Waals surface area contributed by atoms with E-state index in [9.17, 15) is 0 Å². The van der Waals surface area contributed by atoms with Crippen LogP contribution in [0.2, 0.25) is 0 Å². The Morgan fingerprint density at radius 1 is 0.674 bits per heavy atom. The molecule has 0 aliphatic heterocycles. The summed E-state index contributed by atoms with van der Waals surface area (Å²) in [6.45, 7) is 13.6. The van der Waals surface area contributed by atoms with Crippen LogP contribution >= 0.6 is 0 Å². The summed E-state index contributed by atoms with van der Waals surface area (Å²) in [5, 5.41) is 0. The summed E-state index contributed by atoms with van der Waals surface area (Å²) in [5.74, 6) is 0. The molecule has 2 aliphatic carbocycles. The van der Waals surface area contributed by atoms with E-state index in [0.717, 1.165) is 12.1 Å². The minimum absolute atomic E-state index is 0.463. The molecule has 0 spiro atoms. The Labute approximate surface area is 291 Å². The summed E-state index contributed by atoms with van der Waals surface area (Å²) in [5.41, 5.74) is 5.87. The van der Waals surface area contributed by atoms with Gasteiger partial charge >= 0.3 is 198 Å². The first-order valence-corrected chi connectivity index (χ1v) is 21.6. The number of allylic oxidation sites excluding steroid dienone is 10. The van der Waals surface area contributed by atoms with Gasteiger partial charge in [0.2, 0.25) is 0 Å². The number of hydrogen-bond donors (Lipinski definition) is 0. The Morgan fingerprint density at radius 2 is 1.07 bits per heavy atom. The maximum atomic E-state index is 2.54. The molecule has 0 aromatic heterocycles. The molecule has 2 aromatic carbocycles. The molecular formula is C40H56InNZr. The van der Waals surface area contributed by atoms with Crippen LogP contribution < -0.4 is 0 Å². The molecule has 228 valence electrons. The van der Waals surface area contributed by atoms with Crippen LogP contribution in [0.15, 0.2) is 115 Å². The van der Waals surface area contributed by atoms with Gasteiger partial charge in [-0.2, -0.15) is 0 Å². The fourth-order valence-corrected chi connectivity index (χ4v) is 8.60. The van der Waals surface area contributed by atoms with E-state index in [0.29, 0.717) is 24.7 Å². The normalized spacial score (nSPS) is 14.3. The van der Waals surface area contributed by atoms with Gasteiger partial charge in [-0.1, -0.05) is 85.0 Å². The van der Waals surface area contributed by atoms with Gasteiger partial charge in [-0.25, -0.2) is 0 Å². The summed E-state index contributed by atoms with van der Waals surface area (Å²) in [6, 6.07) is 22.1. The molecule has 1 nitrogen and oxygen atoms in total. The van der Waals surface area contributed by atoms with Gasteiger partial charge in [0.1, 0.15) is 0 Å². The number of hydrogen-bond acceptors (Lipinski definition) is 1. The topological polar surface area (TPSA) is 3.24 Å². The van der Waals surface area contributed by atoms with Crippen LogP contribution in [0.3, 0.4) is 0 Å². The summed E-state index contributed by atoms with van der Waals surface area (Å²) >= 11 is 0.239.